The predicted octanol–water partition coefficient (Wildman–Crippen LogP) is 3.50. The monoisotopic (exact) mass is 309 g/mol. The Kier molecular flexibility index (Phi) is 5.79. The van der Waals surface area contributed by atoms with Gasteiger partial charge in [0.25, 0.3) is 0 Å². The third kappa shape index (κ3) is 3.98. The van der Waals surface area contributed by atoms with Crippen LogP contribution >= 0.6 is 12.4 Å². The fraction of sp³-hybridized carbons (Fsp3) is 0.333. The second-order valence-electron chi connectivity index (χ2n) is 5.02. The summed E-state index contributed by atoms with van der Waals surface area (Å²) >= 11 is 0. The summed E-state index contributed by atoms with van der Waals surface area (Å²) in [6.45, 7) is 6.53. The Morgan fingerprint density at radius 1 is 1.38 bits per heavy atom. The van der Waals surface area contributed by atoms with E-state index in [1.165, 1.54) is 0 Å². The summed E-state index contributed by atoms with van der Waals surface area (Å²) < 4.78 is 1.89. The van der Waals surface area contributed by atoms with Crippen LogP contribution in [0.1, 0.15) is 41.5 Å². The molecule has 1 aromatic heterocycles. The van der Waals surface area contributed by atoms with Gasteiger partial charge in [0.1, 0.15) is 0 Å². The van der Waals surface area contributed by atoms with Crippen LogP contribution in [0.2, 0.25) is 0 Å². The number of rotatable bonds is 5. The van der Waals surface area contributed by atoms with Gasteiger partial charge in [-0.3, -0.25) is 4.68 Å². The maximum absolute atomic E-state index is 11.1. The number of aryl methyl sites for hydroxylation is 1. The van der Waals surface area contributed by atoms with Crippen LogP contribution < -0.4 is 5.32 Å². The first-order chi connectivity index (χ1) is 9.49. The normalized spacial score (nSPS) is 10.3. The van der Waals surface area contributed by atoms with E-state index in [-0.39, 0.29) is 12.4 Å². The Morgan fingerprint density at radius 2 is 2.05 bits per heavy atom. The van der Waals surface area contributed by atoms with E-state index in [0.29, 0.717) is 18.2 Å². The van der Waals surface area contributed by atoms with Crippen LogP contribution in [0.4, 0.5) is 5.69 Å². The van der Waals surface area contributed by atoms with Crippen molar-refractivity contribution in [3.05, 3.63) is 47.3 Å². The summed E-state index contributed by atoms with van der Waals surface area (Å²) in [4.78, 5) is 11.1. The number of nitrogens with one attached hydrogen (secondary N) is 1. The van der Waals surface area contributed by atoms with Crippen molar-refractivity contribution in [1.29, 1.82) is 0 Å². The lowest BCUT2D eigenvalue weighted by atomic mass is 10.1. The second kappa shape index (κ2) is 7.13. The largest absolute Gasteiger partial charge is 0.478 e. The summed E-state index contributed by atoms with van der Waals surface area (Å²) in [5.74, 6) is -0.906. The van der Waals surface area contributed by atoms with Gasteiger partial charge in [0, 0.05) is 18.8 Å². The molecular formula is C15H20ClN3O2. The summed E-state index contributed by atoms with van der Waals surface area (Å²) in [5, 5.41) is 16.8. The van der Waals surface area contributed by atoms with Crippen molar-refractivity contribution >= 4 is 24.1 Å². The Labute approximate surface area is 130 Å². The molecule has 2 rings (SSSR count). The lowest BCUT2D eigenvalue weighted by molar-refractivity contribution is 0.0696. The van der Waals surface area contributed by atoms with Crippen molar-refractivity contribution in [1.82, 2.24) is 9.78 Å². The molecule has 0 amide bonds. The molecule has 2 aromatic rings. The summed E-state index contributed by atoms with van der Waals surface area (Å²) in [7, 11) is 0. The number of benzene rings is 1. The average Bonchev–Trinajstić information content (AvgIpc) is 2.78. The molecule has 5 nitrogen and oxygen atoms in total. The lowest BCUT2D eigenvalue weighted by Crippen LogP contribution is -2.07. The minimum Gasteiger partial charge on any atom is -0.478 e. The van der Waals surface area contributed by atoms with Gasteiger partial charge in [0.2, 0.25) is 0 Å². The lowest BCUT2D eigenvalue weighted by Gasteiger charge is -2.08. The van der Waals surface area contributed by atoms with E-state index >= 15 is 0 Å². The minimum atomic E-state index is -0.906. The molecule has 2 N–H and O–H groups in total. The first-order valence-corrected chi connectivity index (χ1v) is 6.60. The third-order valence-corrected chi connectivity index (χ3v) is 3.16. The van der Waals surface area contributed by atoms with Crippen LogP contribution in [0.15, 0.2) is 30.5 Å². The van der Waals surface area contributed by atoms with Crippen molar-refractivity contribution in [2.75, 3.05) is 5.32 Å². The molecule has 0 bridgehead atoms. The molecule has 1 heterocycles. The first-order valence-electron chi connectivity index (χ1n) is 6.60. The Hall–Kier alpha value is -2.01. The predicted molar refractivity (Wildman–Crippen MR) is 85.3 cm³/mol. The molecule has 0 saturated heterocycles. The van der Waals surface area contributed by atoms with Gasteiger partial charge in [-0.25, -0.2) is 4.79 Å². The highest BCUT2D eigenvalue weighted by molar-refractivity contribution is 5.89. The van der Waals surface area contributed by atoms with Gasteiger partial charge < -0.3 is 10.4 Å². The zero-order valence-corrected chi connectivity index (χ0v) is 13.1. The average molecular weight is 310 g/mol. The molecule has 0 aliphatic rings. The molecule has 0 aliphatic carbocycles. The fourth-order valence-electron chi connectivity index (χ4n) is 1.99. The maximum Gasteiger partial charge on any atom is 0.336 e. The molecule has 0 atom stereocenters. The van der Waals surface area contributed by atoms with E-state index in [2.05, 4.69) is 24.3 Å². The number of halogens is 1. The number of aromatic carboxylic acids is 1. The summed E-state index contributed by atoms with van der Waals surface area (Å²) in [6.07, 6.45) is 1.95. The molecule has 0 unspecified atom stereocenters. The third-order valence-electron chi connectivity index (χ3n) is 3.16. The van der Waals surface area contributed by atoms with E-state index in [0.717, 1.165) is 16.9 Å². The van der Waals surface area contributed by atoms with Crippen LogP contribution in [0.5, 0.6) is 0 Å². The van der Waals surface area contributed by atoms with Crippen molar-refractivity contribution in [2.24, 2.45) is 0 Å². The molecule has 0 spiro atoms. The summed E-state index contributed by atoms with van der Waals surface area (Å²) in [6, 6.07) is 7.31. The first kappa shape index (κ1) is 17.0. The number of hydrogen-bond donors (Lipinski definition) is 2. The van der Waals surface area contributed by atoms with Crippen LogP contribution in [0.3, 0.4) is 0 Å². The van der Waals surface area contributed by atoms with Crippen LogP contribution in [0, 0.1) is 6.92 Å². The second-order valence-corrected chi connectivity index (χ2v) is 5.02. The van der Waals surface area contributed by atoms with Gasteiger partial charge in [-0.2, -0.15) is 5.10 Å². The molecule has 0 fully saturated rings. The van der Waals surface area contributed by atoms with Gasteiger partial charge in [-0.15, -0.1) is 12.4 Å². The molecule has 0 radical (unpaired) electrons. The van der Waals surface area contributed by atoms with Crippen LogP contribution in [-0.4, -0.2) is 20.9 Å². The molecule has 1 aromatic carbocycles. The molecule has 6 heteroatoms. The van der Waals surface area contributed by atoms with Crippen molar-refractivity contribution in [2.45, 2.75) is 33.4 Å². The number of hydrogen-bond acceptors (Lipinski definition) is 3. The molecule has 21 heavy (non-hydrogen) atoms. The van der Waals surface area contributed by atoms with E-state index < -0.39 is 5.97 Å². The van der Waals surface area contributed by atoms with Crippen LogP contribution in [-0.2, 0) is 6.54 Å². The highest BCUT2D eigenvalue weighted by atomic mass is 35.5. The maximum atomic E-state index is 11.1. The van der Waals surface area contributed by atoms with E-state index in [4.69, 9.17) is 5.11 Å². The molecule has 0 aliphatic heterocycles. The van der Waals surface area contributed by atoms with Gasteiger partial charge in [0.05, 0.1) is 16.9 Å². The van der Waals surface area contributed by atoms with E-state index in [1.54, 1.807) is 12.1 Å². The number of anilines is 1. The zero-order valence-electron chi connectivity index (χ0n) is 12.3. The number of carboxylic acid groups (broad SMARTS) is 1. The standard InChI is InChI=1S/C15H19N3O2.ClH/c1-10(2)18-9-14(11(3)17-18)16-8-12-6-4-5-7-13(12)15(19)20;/h4-7,9-10,16H,8H2,1-3H3,(H,19,20);1H. The van der Waals surface area contributed by atoms with E-state index in [1.807, 2.05) is 29.9 Å². The number of aromatic nitrogens is 2. The van der Waals surface area contributed by atoms with Crippen molar-refractivity contribution in [3.8, 4) is 0 Å². The fourth-order valence-corrected chi connectivity index (χ4v) is 1.99. The molecular weight excluding hydrogens is 290 g/mol. The minimum absolute atomic E-state index is 0. The Morgan fingerprint density at radius 3 is 2.62 bits per heavy atom. The van der Waals surface area contributed by atoms with Gasteiger partial charge in [0.15, 0.2) is 0 Å². The van der Waals surface area contributed by atoms with Crippen LogP contribution in [0.25, 0.3) is 0 Å². The van der Waals surface area contributed by atoms with Crippen molar-refractivity contribution in [3.63, 3.8) is 0 Å². The quantitative estimate of drug-likeness (QED) is 0.887. The SMILES string of the molecule is Cc1nn(C(C)C)cc1NCc1ccccc1C(=O)O.Cl. The Balaban J connectivity index is 0.00000220. The molecule has 114 valence electrons. The molecule has 0 saturated carbocycles. The zero-order chi connectivity index (χ0) is 14.7. The number of carbonyl (C=O) groups is 1. The highest BCUT2D eigenvalue weighted by Crippen LogP contribution is 2.18. The van der Waals surface area contributed by atoms with Gasteiger partial charge in [-0.1, -0.05) is 18.2 Å². The van der Waals surface area contributed by atoms with Crippen molar-refractivity contribution < 1.29 is 9.90 Å². The van der Waals surface area contributed by atoms with Gasteiger partial charge in [-0.05, 0) is 32.4 Å². The summed E-state index contributed by atoms with van der Waals surface area (Å²) in [5.41, 5.74) is 2.93. The number of carboxylic acids is 1. The number of nitrogens with zero attached hydrogens (tertiary/aromatic N) is 2. The highest BCUT2D eigenvalue weighted by Gasteiger charge is 2.10. The topological polar surface area (TPSA) is 67.2 Å². The smallest absolute Gasteiger partial charge is 0.336 e. The Bertz CT molecular complexity index is 623. The van der Waals surface area contributed by atoms with Gasteiger partial charge >= 0.3 is 5.97 Å². The van der Waals surface area contributed by atoms with E-state index in [9.17, 15) is 4.79 Å².